The summed E-state index contributed by atoms with van der Waals surface area (Å²) < 4.78 is 15.6. The van der Waals surface area contributed by atoms with Gasteiger partial charge >= 0.3 is 6.09 Å². The minimum absolute atomic E-state index is 0.138. The van der Waals surface area contributed by atoms with Crippen molar-refractivity contribution in [2.75, 3.05) is 13.1 Å². The number of carbonyl (C=O) groups excluding carboxylic acids is 1. The average Bonchev–Trinajstić information content (AvgIpc) is 3.46. The van der Waals surface area contributed by atoms with Gasteiger partial charge in [-0.1, -0.05) is 22.9 Å². The molecule has 0 bridgehead atoms. The van der Waals surface area contributed by atoms with Gasteiger partial charge in [0.15, 0.2) is 0 Å². The molecule has 5 rings (SSSR count). The largest absolute Gasteiger partial charge is 0.469 e. The van der Waals surface area contributed by atoms with Crippen LogP contribution in [0.25, 0.3) is 16.9 Å². The molecule has 1 saturated heterocycles. The third-order valence-corrected chi connectivity index (χ3v) is 6.86. The molecule has 0 N–H and O–H groups in total. The number of amides is 1. The lowest BCUT2D eigenvalue weighted by Gasteiger charge is -2.33. The summed E-state index contributed by atoms with van der Waals surface area (Å²) in [4.78, 5) is 23.1. The van der Waals surface area contributed by atoms with Crippen LogP contribution in [0.15, 0.2) is 42.7 Å². The fraction of sp³-hybridized carbons (Fsp3) is 0.444. The molecule has 1 aliphatic rings. The maximum atomic E-state index is 12.5. The van der Waals surface area contributed by atoms with Crippen molar-refractivity contribution in [2.24, 2.45) is 0 Å². The molecule has 1 aliphatic heterocycles. The lowest BCUT2D eigenvalue weighted by molar-refractivity contribution is 0.0184. The molecule has 0 saturated carbocycles. The van der Waals surface area contributed by atoms with Gasteiger partial charge in [0.05, 0.1) is 23.6 Å². The normalized spacial score (nSPS) is 15.6. The summed E-state index contributed by atoms with van der Waals surface area (Å²) in [6.07, 6.45) is 4.30. The molecular weight excluding hydrogens is 506 g/mol. The summed E-state index contributed by atoms with van der Waals surface area (Å²) in [5.41, 5.74) is 3.46. The van der Waals surface area contributed by atoms with Gasteiger partial charge in [-0.2, -0.15) is 0 Å². The number of hydrogen-bond acceptors (Lipinski definition) is 7. The highest BCUT2D eigenvalue weighted by Crippen LogP contribution is 2.33. The Kier molecular flexibility index (Phi) is 7.00. The summed E-state index contributed by atoms with van der Waals surface area (Å²) in [5, 5.41) is 9.47. The standard InChI is InChI=1S/C27H32ClN7O3/c1-17-25(31-32-35(17)20-9-12-33(13-10-20)26(36)38-27(3,4)5)19-14-23-30-16-22(28)34(23)24(15-19)37-18(2)21-8-6-7-11-29-21/h6-8,11,14-16,18,20H,9-10,12-13H2,1-5H3/t18-/m1/s1. The molecule has 0 aliphatic carbocycles. The van der Waals surface area contributed by atoms with E-state index in [1.807, 2.05) is 69.6 Å². The zero-order valence-electron chi connectivity index (χ0n) is 22.3. The van der Waals surface area contributed by atoms with Crippen LogP contribution in [0.1, 0.15) is 64.1 Å². The minimum Gasteiger partial charge on any atom is -0.469 e. The van der Waals surface area contributed by atoms with E-state index in [2.05, 4.69) is 20.3 Å². The van der Waals surface area contributed by atoms with Crippen LogP contribution < -0.4 is 4.74 Å². The van der Waals surface area contributed by atoms with Crippen LogP contribution in [0, 0.1) is 6.92 Å². The summed E-state index contributed by atoms with van der Waals surface area (Å²) in [5.74, 6) is 0.540. The van der Waals surface area contributed by atoms with Gasteiger partial charge in [-0.15, -0.1) is 5.10 Å². The van der Waals surface area contributed by atoms with E-state index in [1.54, 1.807) is 21.7 Å². The predicted molar refractivity (Wildman–Crippen MR) is 143 cm³/mol. The molecule has 4 aromatic rings. The predicted octanol–water partition coefficient (Wildman–Crippen LogP) is 5.66. The van der Waals surface area contributed by atoms with Crippen molar-refractivity contribution in [1.29, 1.82) is 0 Å². The van der Waals surface area contributed by atoms with Gasteiger partial charge in [-0.25, -0.2) is 14.5 Å². The number of likely N-dealkylation sites (tertiary alicyclic amines) is 1. The molecule has 1 amide bonds. The van der Waals surface area contributed by atoms with E-state index in [9.17, 15) is 4.79 Å². The highest BCUT2D eigenvalue weighted by Gasteiger charge is 2.29. The van der Waals surface area contributed by atoms with Crippen LogP contribution in [-0.4, -0.2) is 59.0 Å². The Balaban J connectivity index is 1.38. The lowest BCUT2D eigenvalue weighted by Crippen LogP contribution is -2.42. The third kappa shape index (κ3) is 5.31. The highest BCUT2D eigenvalue weighted by molar-refractivity contribution is 6.29. The molecule has 1 atom stereocenters. The maximum Gasteiger partial charge on any atom is 0.410 e. The van der Waals surface area contributed by atoms with E-state index < -0.39 is 5.60 Å². The Labute approximate surface area is 226 Å². The summed E-state index contributed by atoms with van der Waals surface area (Å²) in [7, 11) is 0. The van der Waals surface area contributed by atoms with Crippen molar-refractivity contribution in [2.45, 2.75) is 65.2 Å². The number of ether oxygens (including phenoxy) is 2. The van der Waals surface area contributed by atoms with E-state index >= 15 is 0 Å². The first-order chi connectivity index (χ1) is 18.1. The molecule has 0 radical (unpaired) electrons. The second-order valence-electron chi connectivity index (χ2n) is 10.5. The van der Waals surface area contributed by atoms with Gasteiger partial charge < -0.3 is 14.4 Å². The Morgan fingerprint density at radius 3 is 2.61 bits per heavy atom. The lowest BCUT2D eigenvalue weighted by atomic mass is 10.0. The van der Waals surface area contributed by atoms with Crippen molar-refractivity contribution < 1.29 is 14.3 Å². The zero-order valence-corrected chi connectivity index (χ0v) is 23.0. The van der Waals surface area contributed by atoms with Crippen molar-refractivity contribution >= 4 is 23.3 Å². The van der Waals surface area contributed by atoms with Crippen molar-refractivity contribution in [1.82, 2.24) is 34.3 Å². The van der Waals surface area contributed by atoms with Gasteiger partial charge in [0.1, 0.15) is 28.2 Å². The van der Waals surface area contributed by atoms with Crippen molar-refractivity contribution in [3.05, 3.63) is 59.3 Å². The zero-order chi connectivity index (χ0) is 27.0. The molecule has 5 heterocycles. The number of pyridine rings is 2. The number of carbonyl (C=O) groups is 1. The molecule has 11 heteroatoms. The molecule has 0 aromatic carbocycles. The van der Waals surface area contributed by atoms with Crippen LogP contribution in [0.3, 0.4) is 0 Å². The van der Waals surface area contributed by atoms with E-state index in [0.29, 0.717) is 29.8 Å². The van der Waals surface area contributed by atoms with Gasteiger partial charge in [-0.05, 0) is 65.7 Å². The average molecular weight is 538 g/mol. The van der Waals surface area contributed by atoms with E-state index in [1.165, 1.54) is 0 Å². The van der Waals surface area contributed by atoms with Crippen molar-refractivity contribution in [3.8, 4) is 17.1 Å². The van der Waals surface area contributed by atoms with Gasteiger partial charge in [0, 0.05) is 30.9 Å². The van der Waals surface area contributed by atoms with E-state index in [-0.39, 0.29) is 18.2 Å². The van der Waals surface area contributed by atoms with Gasteiger partial charge in [-0.3, -0.25) is 9.38 Å². The molecule has 0 unspecified atom stereocenters. The first kappa shape index (κ1) is 26.0. The number of imidazole rings is 1. The van der Waals surface area contributed by atoms with Crippen LogP contribution in [0.4, 0.5) is 4.79 Å². The number of nitrogens with zero attached hydrogens (tertiary/aromatic N) is 7. The van der Waals surface area contributed by atoms with Crippen LogP contribution in [0.5, 0.6) is 5.88 Å². The Morgan fingerprint density at radius 2 is 1.92 bits per heavy atom. The fourth-order valence-electron chi connectivity index (χ4n) is 4.70. The molecule has 1 fully saturated rings. The molecule has 38 heavy (non-hydrogen) atoms. The summed E-state index contributed by atoms with van der Waals surface area (Å²) in [6, 6.07) is 9.70. The molecular formula is C27H32ClN7O3. The topological polar surface area (TPSA) is 99.7 Å². The number of piperidine rings is 1. The Morgan fingerprint density at radius 1 is 1.16 bits per heavy atom. The first-order valence-corrected chi connectivity index (χ1v) is 13.1. The highest BCUT2D eigenvalue weighted by atomic mass is 35.5. The van der Waals surface area contributed by atoms with Gasteiger partial charge in [0.2, 0.25) is 5.88 Å². The van der Waals surface area contributed by atoms with Crippen molar-refractivity contribution in [3.63, 3.8) is 0 Å². The first-order valence-electron chi connectivity index (χ1n) is 12.8. The third-order valence-electron chi connectivity index (χ3n) is 6.59. The maximum absolute atomic E-state index is 12.5. The number of rotatable bonds is 5. The van der Waals surface area contributed by atoms with Crippen LogP contribution in [-0.2, 0) is 4.74 Å². The summed E-state index contributed by atoms with van der Waals surface area (Å²) in [6.45, 7) is 10.8. The number of hydrogen-bond donors (Lipinski definition) is 0. The number of fused-ring (bicyclic) bond motifs is 1. The monoisotopic (exact) mass is 537 g/mol. The van der Waals surface area contributed by atoms with Gasteiger partial charge in [0.25, 0.3) is 0 Å². The van der Waals surface area contributed by atoms with Crippen LogP contribution in [0.2, 0.25) is 5.15 Å². The smallest absolute Gasteiger partial charge is 0.410 e. The molecule has 10 nitrogen and oxygen atoms in total. The number of halogens is 1. The number of aromatic nitrogens is 6. The minimum atomic E-state index is -0.510. The van der Waals surface area contributed by atoms with E-state index in [0.717, 1.165) is 35.5 Å². The quantitative estimate of drug-likeness (QED) is 0.324. The van der Waals surface area contributed by atoms with E-state index in [4.69, 9.17) is 21.1 Å². The Hall–Kier alpha value is -3.66. The molecule has 0 spiro atoms. The summed E-state index contributed by atoms with van der Waals surface area (Å²) >= 11 is 6.45. The fourth-order valence-corrected chi connectivity index (χ4v) is 4.92. The molecule has 200 valence electrons. The molecule has 4 aromatic heterocycles. The second kappa shape index (κ2) is 10.2. The second-order valence-corrected chi connectivity index (χ2v) is 10.9. The Bertz CT molecular complexity index is 1440. The van der Waals surface area contributed by atoms with Crippen LogP contribution >= 0.6 is 11.6 Å². The SMILES string of the molecule is Cc1c(-c2cc(O[C@H](C)c3ccccn3)n3c(Cl)cnc3c2)nnn1C1CCN(C(=O)OC(C)(C)C)CC1.